The van der Waals surface area contributed by atoms with E-state index in [0.29, 0.717) is 17.2 Å². The summed E-state index contributed by atoms with van der Waals surface area (Å²) in [6.45, 7) is 6.09. The van der Waals surface area contributed by atoms with E-state index in [1.165, 1.54) is 5.56 Å². The van der Waals surface area contributed by atoms with Crippen LogP contribution in [-0.2, 0) is 18.3 Å². The molecule has 1 amide bonds. The molecule has 0 unspecified atom stereocenters. The summed E-state index contributed by atoms with van der Waals surface area (Å²) in [6.07, 6.45) is 6.52. The third-order valence-corrected chi connectivity index (χ3v) is 7.74. The second-order valence-corrected chi connectivity index (χ2v) is 10.7. The highest BCUT2D eigenvalue weighted by Gasteiger charge is 2.26. The highest BCUT2D eigenvalue weighted by molar-refractivity contribution is 6.04. The van der Waals surface area contributed by atoms with Gasteiger partial charge in [0.1, 0.15) is 0 Å². The predicted octanol–water partition coefficient (Wildman–Crippen LogP) is 3.70. The Bertz CT molecular complexity index is 1480. The molecule has 4 aromatic rings. The van der Waals surface area contributed by atoms with Crippen molar-refractivity contribution in [3.63, 3.8) is 0 Å². The van der Waals surface area contributed by atoms with E-state index in [0.717, 1.165) is 80.8 Å². The van der Waals surface area contributed by atoms with E-state index >= 15 is 0 Å². The summed E-state index contributed by atoms with van der Waals surface area (Å²) < 4.78 is 9.37. The normalized spacial score (nSPS) is 20.4. The van der Waals surface area contributed by atoms with Gasteiger partial charge in [0.15, 0.2) is 0 Å². The van der Waals surface area contributed by atoms with Gasteiger partial charge in [-0.05, 0) is 62.4 Å². The van der Waals surface area contributed by atoms with Gasteiger partial charge in [-0.2, -0.15) is 5.10 Å². The number of hydrogen-bond donors (Lipinski definition) is 2. The Morgan fingerprint density at radius 1 is 1.10 bits per heavy atom. The summed E-state index contributed by atoms with van der Waals surface area (Å²) in [4.78, 5) is 25.5. The lowest BCUT2D eigenvalue weighted by Crippen LogP contribution is -2.35. The van der Waals surface area contributed by atoms with Crippen LogP contribution in [0.1, 0.15) is 53.3 Å². The Kier molecular flexibility index (Phi) is 7.16. The van der Waals surface area contributed by atoms with Crippen LogP contribution in [0.25, 0.3) is 22.3 Å². The standard InChI is InChI=1S/C29H35N7O3/c1-19-13-21(15-25(31-19)22-16-30-34(2)18-22)28(38)33-29-32-26-14-20(17-35-9-11-39-12-10-35)3-8-27(26)36(29)23-4-6-24(37)7-5-23/h3,8,13-16,18,23-24,37H,4-7,9-12,17H2,1-2H3,(H,32,33,38). The highest BCUT2D eigenvalue weighted by atomic mass is 16.5. The number of aliphatic hydroxyl groups is 1. The van der Waals surface area contributed by atoms with Crippen LogP contribution in [0, 0.1) is 6.92 Å². The minimum Gasteiger partial charge on any atom is -0.393 e. The van der Waals surface area contributed by atoms with E-state index in [-0.39, 0.29) is 18.1 Å². The van der Waals surface area contributed by atoms with Crippen molar-refractivity contribution in [1.82, 2.24) is 29.2 Å². The molecule has 3 aromatic heterocycles. The van der Waals surface area contributed by atoms with Crippen LogP contribution < -0.4 is 5.32 Å². The molecule has 39 heavy (non-hydrogen) atoms. The van der Waals surface area contributed by atoms with Crippen molar-refractivity contribution in [3.8, 4) is 11.3 Å². The maximum Gasteiger partial charge on any atom is 0.258 e. The average molecular weight is 530 g/mol. The van der Waals surface area contributed by atoms with Gasteiger partial charge in [0.05, 0.1) is 42.2 Å². The highest BCUT2D eigenvalue weighted by Crippen LogP contribution is 2.35. The van der Waals surface area contributed by atoms with Crippen molar-refractivity contribution < 1.29 is 14.6 Å². The fourth-order valence-corrected chi connectivity index (χ4v) is 5.71. The van der Waals surface area contributed by atoms with Gasteiger partial charge >= 0.3 is 0 Å². The quantitative estimate of drug-likeness (QED) is 0.392. The number of rotatable bonds is 6. The summed E-state index contributed by atoms with van der Waals surface area (Å²) in [5, 5.41) is 17.5. The van der Waals surface area contributed by atoms with E-state index in [4.69, 9.17) is 9.72 Å². The molecule has 1 saturated carbocycles. The molecule has 204 valence electrons. The SMILES string of the molecule is Cc1cc(C(=O)Nc2nc3cc(CN4CCOCC4)ccc3n2C2CCC(O)CC2)cc(-c2cnn(C)c2)n1. The maximum atomic E-state index is 13.6. The van der Waals surface area contributed by atoms with Crippen molar-refractivity contribution >= 4 is 22.9 Å². The Labute approximate surface area is 227 Å². The zero-order valence-corrected chi connectivity index (χ0v) is 22.5. The fourth-order valence-electron chi connectivity index (χ4n) is 5.71. The van der Waals surface area contributed by atoms with Gasteiger partial charge in [0, 0.05) is 55.7 Å². The molecule has 10 nitrogen and oxygen atoms in total. The van der Waals surface area contributed by atoms with Crippen LogP contribution in [-0.4, -0.2) is 72.6 Å². The number of carbonyl (C=O) groups excluding carboxylic acids is 1. The zero-order chi connectivity index (χ0) is 26.9. The molecular formula is C29H35N7O3. The molecule has 4 heterocycles. The number of aliphatic hydroxyl groups excluding tert-OH is 1. The molecule has 2 fully saturated rings. The fraction of sp³-hybridized carbons (Fsp3) is 0.448. The number of benzene rings is 1. The van der Waals surface area contributed by atoms with Gasteiger partial charge in [0.2, 0.25) is 5.95 Å². The number of morpholine rings is 1. The van der Waals surface area contributed by atoms with E-state index in [1.807, 2.05) is 20.2 Å². The molecule has 0 bridgehead atoms. The summed E-state index contributed by atoms with van der Waals surface area (Å²) in [6, 6.07) is 10.2. The molecule has 1 saturated heterocycles. The van der Waals surface area contributed by atoms with E-state index in [1.54, 1.807) is 23.0 Å². The van der Waals surface area contributed by atoms with Crippen molar-refractivity contribution in [1.29, 1.82) is 0 Å². The van der Waals surface area contributed by atoms with Crippen LogP contribution in [0.3, 0.4) is 0 Å². The zero-order valence-electron chi connectivity index (χ0n) is 22.5. The number of hydrogen-bond acceptors (Lipinski definition) is 7. The molecule has 10 heteroatoms. The maximum absolute atomic E-state index is 13.6. The molecule has 6 rings (SSSR count). The molecule has 0 radical (unpaired) electrons. The summed E-state index contributed by atoms with van der Waals surface area (Å²) >= 11 is 0. The predicted molar refractivity (Wildman–Crippen MR) is 148 cm³/mol. The van der Waals surface area contributed by atoms with E-state index in [2.05, 4.69) is 43.1 Å². The summed E-state index contributed by atoms with van der Waals surface area (Å²) in [5.41, 5.74) is 5.89. The van der Waals surface area contributed by atoms with Crippen LogP contribution in [0.15, 0.2) is 42.7 Å². The number of imidazole rings is 1. The van der Waals surface area contributed by atoms with Gasteiger partial charge in [-0.15, -0.1) is 0 Å². The number of ether oxygens (including phenoxy) is 1. The van der Waals surface area contributed by atoms with Crippen molar-refractivity contribution in [2.24, 2.45) is 7.05 Å². The minimum absolute atomic E-state index is 0.156. The van der Waals surface area contributed by atoms with Crippen LogP contribution >= 0.6 is 0 Å². The Hall–Kier alpha value is -3.60. The first-order valence-electron chi connectivity index (χ1n) is 13.7. The minimum atomic E-state index is -0.264. The number of fused-ring (bicyclic) bond motifs is 1. The summed E-state index contributed by atoms with van der Waals surface area (Å²) in [5.74, 6) is 0.309. The van der Waals surface area contributed by atoms with Gasteiger partial charge in [0.25, 0.3) is 5.91 Å². The topological polar surface area (TPSA) is 110 Å². The van der Waals surface area contributed by atoms with Crippen molar-refractivity contribution in [3.05, 3.63) is 59.5 Å². The molecule has 2 N–H and O–H groups in total. The molecule has 1 aromatic carbocycles. The number of nitrogens with zero attached hydrogens (tertiary/aromatic N) is 6. The lowest BCUT2D eigenvalue weighted by atomic mass is 9.93. The Morgan fingerprint density at radius 3 is 2.64 bits per heavy atom. The van der Waals surface area contributed by atoms with Crippen molar-refractivity contribution in [2.75, 3.05) is 31.6 Å². The number of aryl methyl sites for hydroxylation is 2. The third-order valence-electron chi connectivity index (χ3n) is 7.74. The third kappa shape index (κ3) is 5.59. The summed E-state index contributed by atoms with van der Waals surface area (Å²) in [7, 11) is 1.86. The second kappa shape index (κ2) is 10.9. The van der Waals surface area contributed by atoms with Crippen LogP contribution in [0.2, 0.25) is 0 Å². The van der Waals surface area contributed by atoms with Gasteiger partial charge in [-0.1, -0.05) is 6.07 Å². The Balaban J connectivity index is 1.32. The van der Waals surface area contributed by atoms with Gasteiger partial charge in [-0.25, -0.2) is 4.98 Å². The lowest BCUT2D eigenvalue weighted by molar-refractivity contribution is 0.0342. The number of amides is 1. The smallest absolute Gasteiger partial charge is 0.258 e. The first kappa shape index (κ1) is 25.7. The first-order chi connectivity index (χ1) is 18.9. The molecule has 0 atom stereocenters. The number of anilines is 1. The van der Waals surface area contributed by atoms with E-state index < -0.39 is 0 Å². The number of pyridine rings is 1. The van der Waals surface area contributed by atoms with Crippen LogP contribution in [0.4, 0.5) is 5.95 Å². The number of nitrogens with one attached hydrogen (secondary N) is 1. The molecule has 1 aliphatic heterocycles. The molecule has 2 aliphatic rings. The molecular weight excluding hydrogens is 494 g/mol. The van der Waals surface area contributed by atoms with Gasteiger partial charge in [-0.3, -0.25) is 24.7 Å². The Morgan fingerprint density at radius 2 is 1.90 bits per heavy atom. The van der Waals surface area contributed by atoms with Crippen LogP contribution in [0.5, 0.6) is 0 Å². The molecule has 1 aliphatic carbocycles. The average Bonchev–Trinajstić information content (AvgIpc) is 3.52. The lowest BCUT2D eigenvalue weighted by Gasteiger charge is -2.28. The van der Waals surface area contributed by atoms with E-state index in [9.17, 15) is 9.90 Å². The second-order valence-electron chi connectivity index (χ2n) is 10.7. The number of carbonyl (C=O) groups is 1. The monoisotopic (exact) mass is 529 g/mol. The molecule has 0 spiro atoms. The largest absolute Gasteiger partial charge is 0.393 e. The number of aromatic nitrogens is 5. The first-order valence-corrected chi connectivity index (χ1v) is 13.7. The van der Waals surface area contributed by atoms with Gasteiger partial charge < -0.3 is 14.4 Å². The van der Waals surface area contributed by atoms with Crippen molar-refractivity contribution in [2.45, 2.75) is 51.3 Å².